The number of hydrogen-bond donors (Lipinski definition) is 1. The maximum absolute atomic E-state index is 8.56. The summed E-state index contributed by atoms with van der Waals surface area (Å²) in [5, 5.41) is 8.56. The molecule has 1 aromatic rings. The summed E-state index contributed by atoms with van der Waals surface area (Å²) in [6.07, 6.45) is 1.09. The molecule has 1 aliphatic rings. The third-order valence-electron chi connectivity index (χ3n) is 2.31. The summed E-state index contributed by atoms with van der Waals surface area (Å²) in [6.45, 7) is 0. The molecular weight excluding hydrogens is 148 g/mol. The van der Waals surface area contributed by atoms with Crippen molar-refractivity contribution < 1.29 is 0 Å². The number of benzene rings is 1. The van der Waals surface area contributed by atoms with Gasteiger partial charge >= 0.3 is 0 Å². The van der Waals surface area contributed by atoms with E-state index in [4.69, 9.17) is 11.0 Å². The van der Waals surface area contributed by atoms with E-state index < -0.39 is 0 Å². The molecule has 0 amide bonds. The largest absolute Gasteiger partial charge is 0.327 e. The number of nitrogens with two attached hydrogens (primary N) is 1. The van der Waals surface area contributed by atoms with E-state index >= 15 is 0 Å². The minimum atomic E-state index is 0.345. The van der Waals surface area contributed by atoms with E-state index in [9.17, 15) is 0 Å². The van der Waals surface area contributed by atoms with Crippen molar-refractivity contribution in [3.05, 3.63) is 35.4 Å². The van der Waals surface area contributed by atoms with Crippen LogP contribution < -0.4 is 5.73 Å². The Hall–Kier alpha value is -1.33. The molecule has 2 nitrogen and oxygen atoms in total. The van der Waals surface area contributed by atoms with Crippen molar-refractivity contribution in [3.63, 3.8) is 0 Å². The first-order valence-corrected chi connectivity index (χ1v) is 4.07. The van der Waals surface area contributed by atoms with Gasteiger partial charge in [0.25, 0.3) is 0 Å². The van der Waals surface area contributed by atoms with Crippen molar-refractivity contribution in [2.75, 3.05) is 0 Å². The monoisotopic (exact) mass is 158 g/mol. The van der Waals surface area contributed by atoms with Crippen LogP contribution in [0.1, 0.15) is 23.5 Å². The van der Waals surface area contributed by atoms with Gasteiger partial charge in [0.1, 0.15) is 0 Å². The topological polar surface area (TPSA) is 49.8 Å². The van der Waals surface area contributed by atoms with Crippen LogP contribution in [-0.2, 0) is 0 Å². The second-order valence-corrected chi connectivity index (χ2v) is 3.24. The molecule has 0 aliphatic heterocycles. The molecule has 2 unspecified atom stereocenters. The summed E-state index contributed by atoms with van der Waals surface area (Å²) in [5.74, 6) is 0.540. The molecule has 2 atom stereocenters. The van der Waals surface area contributed by atoms with Gasteiger partial charge in [-0.1, -0.05) is 12.1 Å². The van der Waals surface area contributed by atoms with Gasteiger partial charge in [-0.05, 0) is 24.1 Å². The predicted molar refractivity (Wildman–Crippen MR) is 46.5 cm³/mol. The summed E-state index contributed by atoms with van der Waals surface area (Å²) in [7, 11) is 0. The highest BCUT2D eigenvalue weighted by atomic mass is 14.7. The van der Waals surface area contributed by atoms with Crippen LogP contribution in [-0.4, -0.2) is 6.04 Å². The summed E-state index contributed by atoms with van der Waals surface area (Å²) >= 11 is 0. The zero-order chi connectivity index (χ0) is 8.55. The van der Waals surface area contributed by atoms with Crippen molar-refractivity contribution in [3.8, 4) is 6.07 Å². The highest BCUT2D eigenvalue weighted by Crippen LogP contribution is 2.38. The fourth-order valence-electron chi connectivity index (χ4n) is 1.40. The second-order valence-electron chi connectivity index (χ2n) is 3.24. The van der Waals surface area contributed by atoms with E-state index in [0.29, 0.717) is 17.5 Å². The highest BCUT2D eigenvalue weighted by Gasteiger charge is 2.34. The Bertz CT molecular complexity index is 321. The summed E-state index contributed by atoms with van der Waals surface area (Å²) in [5.41, 5.74) is 7.69. The molecule has 1 saturated carbocycles. The number of hydrogen-bond acceptors (Lipinski definition) is 2. The third-order valence-corrected chi connectivity index (χ3v) is 2.31. The molecule has 2 N–H and O–H groups in total. The molecule has 0 heterocycles. The lowest BCUT2D eigenvalue weighted by atomic mass is 10.1. The summed E-state index contributed by atoms with van der Waals surface area (Å²) in [4.78, 5) is 0. The van der Waals surface area contributed by atoms with Gasteiger partial charge in [0, 0.05) is 12.0 Å². The molecule has 1 aromatic carbocycles. The first-order chi connectivity index (χ1) is 5.81. The molecular formula is C10H10N2. The van der Waals surface area contributed by atoms with Crippen LogP contribution in [0.15, 0.2) is 24.3 Å². The molecule has 1 fully saturated rings. The van der Waals surface area contributed by atoms with Crippen LogP contribution in [0.2, 0.25) is 0 Å². The van der Waals surface area contributed by atoms with Crippen LogP contribution in [0.4, 0.5) is 0 Å². The molecule has 0 bridgehead atoms. The van der Waals surface area contributed by atoms with Gasteiger partial charge in [-0.3, -0.25) is 0 Å². The second kappa shape index (κ2) is 2.62. The van der Waals surface area contributed by atoms with Gasteiger partial charge in [-0.15, -0.1) is 0 Å². The summed E-state index contributed by atoms with van der Waals surface area (Å²) < 4.78 is 0. The van der Waals surface area contributed by atoms with E-state index in [-0.39, 0.29) is 0 Å². The van der Waals surface area contributed by atoms with Crippen LogP contribution in [0, 0.1) is 11.3 Å². The molecule has 2 heteroatoms. The maximum atomic E-state index is 8.56. The van der Waals surface area contributed by atoms with Crippen molar-refractivity contribution in [1.29, 1.82) is 5.26 Å². The average Bonchev–Trinajstić information content (AvgIpc) is 2.83. The van der Waals surface area contributed by atoms with E-state index in [1.807, 2.05) is 24.3 Å². The molecule has 0 radical (unpaired) electrons. The maximum Gasteiger partial charge on any atom is 0.0991 e. The zero-order valence-corrected chi connectivity index (χ0v) is 6.70. The minimum Gasteiger partial charge on any atom is -0.327 e. The van der Waals surface area contributed by atoms with Crippen LogP contribution in [0.5, 0.6) is 0 Å². The molecule has 2 rings (SSSR count). The Morgan fingerprint density at radius 2 is 1.92 bits per heavy atom. The first-order valence-electron chi connectivity index (χ1n) is 4.07. The average molecular weight is 158 g/mol. The highest BCUT2D eigenvalue weighted by molar-refractivity contribution is 5.35. The molecule has 1 aliphatic carbocycles. The van der Waals surface area contributed by atoms with Crippen molar-refractivity contribution in [1.82, 2.24) is 0 Å². The van der Waals surface area contributed by atoms with Gasteiger partial charge in [-0.25, -0.2) is 0 Å². The Kier molecular flexibility index (Phi) is 1.60. The van der Waals surface area contributed by atoms with Crippen molar-refractivity contribution in [2.24, 2.45) is 5.73 Å². The molecule has 0 spiro atoms. The van der Waals surface area contributed by atoms with Crippen LogP contribution in [0.25, 0.3) is 0 Å². The Morgan fingerprint density at radius 1 is 1.33 bits per heavy atom. The normalized spacial score (nSPS) is 26.3. The van der Waals surface area contributed by atoms with E-state index in [1.165, 1.54) is 5.56 Å². The van der Waals surface area contributed by atoms with Gasteiger partial charge in [0.05, 0.1) is 11.6 Å². The van der Waals surface area contributed by atoms with Crippen LogP contribution in [0.3, 0.4) is 0 Å². The lowest BCUT2D eigenvalue weighted by molar-refractivity contribution is 0.990. The van der Waals surface area contributed by atoms with Crippen molar-refractivity contribution >= 4 is 0 Å². The molecule has 12 heavy (non-hydrogen) atoms. The number of nitriles is 1. The molecule has 0 aromatic heterocycles. The van der Waals surface area contributed by atoms with E-state index in [2.05, 4.69) is 6.07 Å². The first kappa shape index (κ1) is 7.33. The van der Waals surface area contributed by atoms with Crippen molar-refractivity contribution in [2.45, 2.75) is 18.4 Å². The summed E-state index contributed by atoms with van der Waals surface area (Å²) in [6, 6.07) is 10.1. The van der Waals surface area contributed by atoms with Gasteiger partial charge < -0.3 is 5.73 Å². The van der Waals surface area contributed by atoms with Gasteiger partial charge in [0.15, 0.2) is 0 Å². The smallest absolute Gasteiger partial charge is 0.0991 e. The van der Waals surface area contributed by atoms with Gasteiger partial charge in [-0.2, -0.15) is 5.26 Å². The Balaban J connectivity index is 2.21. The lowest BCUT2D eigenvalue weighted by Gasteiger charge is -1.96. The minimum absolute atomic E-state index is 0.345. The zero-order valence-electron chi connectivity index (χ0n) is 6.70. The third kappa shape index (κ3) is 1.19. The fourth-order valence-corrected chi connectivity index (χ4v) is 1.40. The molecule has 0 saturated heterocycles. The Morgan fingerprint density at radius 3 is 2.33 bits per heavy atom. The van der Waals surface area contributed by atoms with E-state index in [1.54, 1.807) is 0 Å². The SMILES string of the molecule is N#Cc1ccc(C2CC2N)cc1. The standard InChI is InChI=1S/C10H10N2/c11-6-7-1-3-8(4-2-7)9-5-10(9)12/h1-4,9-10H,5,12H2. The quantitative estimate of drug-likeness (QED) is 0.671. The van der Waals surface area contributed by atoms with Crippen LogP contribution >= 0.6 is 0 Å². The lowest BCUT2D eigenvalue weighted by Crippen LogP contribution is -2.00. The predicted octanol–water partition coefficient (Wildman–Crippen LogP) is 1.37. The number of rotatable bonds is 1. The molecule has 60 valence electrons. The Labute approximate surface area is 71.6 Å². The number of nitrogens with zero attached hydrogens (tertiary/aromatic N) is 1. The fraction of sp³-hybridized carbons (Fsp3) is 0.300. The van der Waals surface area contributed by atoms with E-state index in [0.717, 1.165) is 6.42 Å². The van der Waals surface area contributed by atoms with Gasteiger partial charge in [0.2, 0.25) is 0 Å².